The van der Waals surface area contributed by atoms with Crippen LogP contribution in [0.4, 0.5) is 0 Å². The molecule has 0 aliphatic rings. The molecule has 2 N–H and O–H groups in total. The van der Waals surface area contributed by atoms with Crippen molar-refractivity contribution in [3.05, 3.63) is 21.9 Å². The highest BCUT2D eigenvalue weighted by atomic mass is 35.5. The maximum Gasteiger partial charge on any atom is 0.211 e. The Morgan fingerprint density at radius 3 is 2.50 bits per heavy atom. The molecule has 0 radical (unpaired) electrons. The lowest BCUT2D eigenvalue weighted by Gasteiger charge is -2.18. The molecular formula is C14H25Cl2N5O2S. The predicted octanol–water partition coefficient (Wildman–Crippen LogP) is 1.67. The van der Waals surface area contributed by atoms with Gasteiger partial charge in [-0.1, -0.05) is 30.1 Å². The number of aromatic nitrogens is 1. The fraction of sp³-hybridized carbons (Fsp3) is 0.643. The van der Waals surface area contributed by atoms with Crippen molar-refractivity contribution in [1.29, 1.82) is 0 Å². The van der Waals surface area contributed by atoms with E-state index >= 15 is 0 Å². The molecule has 1 heterocycles. The zero-order valence-electron chi connectivity index (χ0n) is 14.4. The molecule has 10 heteroatoms. The zero-order chi connectivity index (χ0) is 18.3. The molecule has 0 aliphatic carbocycles. The second-order valence-corrected chi connectivity index (χ2v) is 8.04. The second kappa shape index (κ2) is 9.50. The quantitative estimate of drug-likeness (QED) is 0.397. The van der Waals surface area contributed by atoms with E-state index in [-0.39, 0.29) is 0 Å². The third kappa shape index (κ3) is 6.16. The SMILES string of the molecule is CCN(CCCNC(=NC)NCc1cc(Cl)c(Cl)n1C)S(C)(=O)=O. The first kappa shape index (κ1) is 21.1. The Bertz CT molecular complexity index is 673. The van der Waals surface area contributed by atoms with E-state index in [0.717, 1.165) is 5.69 Å². The Kier molecular flexibility index (Phi) is 8.35. The maximum atomic E-state index is 11.5. The minimum atomic E-state index is -3.14. The van der Waals surface area contributed by atoms with Gasteiger partial charge in [0, 0.05) is 39.4 Å². The molecule has 138 valence electrons. The smallest absolute Gasteiger partial charge is 0.211 e. The monoisotopic (exact) mass is 397 g/mol. The van der Waals surface area contributed by atoms with Crippen molar-refractivity contribution in [2.45, 2.75) is 19.9 Å². The Balaban J connectivity index is 2.42. The van der Waals surface area contributed by atoms with Gasteiger partial charge in [0.1, 0.15) is 5.15 Å². The van der Waals surface area contributed by atoms with Crippen LogP contribution in [0, 0.1) is 0 Å². The lowest BCUT2D eigenvalue weighted by molar-refractivity contribution is 0.424. The van der Waals surface area contributed by atoms with Gasteiger partial charge in [-0.15, -0.1) is 0 Å². The number of hydrogen-bond donors (Lipinski definition) is 2. The molecule has 1 aromatic rings. The van der Waals surface area contributed by atoms with E-state index in [0.29, 0.717) is 48.7 Å². The van der Waals surface area contributed by atoms with Crippen molar-refractivity contribution in [3.63, 3.8) is 0 Å². The molecule has 0 aliphatic heterocycles. The number of aliphatic imine (C=N–C) groups is 1. The summed E-state index contributed by atoms with van der Waals surface area (Å²) in [6, 6.07) is 1.80. The lowest BCUT2D eigenvalue weighted by atomic mass is 10.4. The number of sulfonamides is 1. The summed E-state index contributed by atoms with van der Waals surface area (Å²) in [5, 5.41) is 7.33. The third-order valence-electron chi connectivity index (χ3n) is 3.57. The van der Waals surface area contributed by atoms with Crippen molar-refractivity contribution in [3.8, 4) is 0 Å². The van der Waals surface area contributed by atoms with Crippen LogP contribution in [0.25, 0.3) is 0 Å². The number of nitrogens with zero attached hydrogens (tertiary/aromatic N) is 3. The molecule has 0 unspecified atom stereocenters. The minimum Gasteiger partial charge on any atom is -0.356 e. The van der Waals surface area contributed by atoms with Crippen LogP contribution >= 0.6 is 23.2 Å². The van der Waals surface area contributed by atoms with Gasteiger partial charge in [0.05, 0.1) is 17.8 Å². The molecule has 0 bridgehead atoms. The van der Waals surface area contributed by atoms with Crippen LogP contribution in [0.2, 0.25) is 10.2 Å². The standard InChI is InChI=1S/C14H25Cl2N5O2S/c1-5-21(24(4,22)23)8-6-7-18-14(17-2)19-10-11-9-12(15)13(16)20(11)3/h9H,5-8,10H2,1-4H3,(H2,17,18,19). The Labute approximate surface area is 154 Å². The van der Waals surface area contributed by atoms with Gasteiger partial charge in [0.2, 0.25) is 10.0 Å². The summed E-state index contributed by atoms with van der Waals surface area (Å²) >= 11 is 12.0. The number of halogens is 2. The van der Waals surface area contributed by atoms with Gasteiger partial charge in [-0.05, 0) is 12.5 Å². The molecule has 1 aromatic heterocycles. The van der Waals surface area contributed by atoms with Crippen LogP contribution in [0.15, 0.2) is 11.1 Å². The normalized spacial score (nSPS) is 12.7. The molecule has 0 saturated carbocycles. The molecular weight excluding hydrogens is 373 g/mol. The van der Waals surface area contributed by atoms with E-state index in [1.54, 1.807) is 17.7 Å². The molecule has 1 rings (SSSR count). The summed E-state index contributed by atoms with van der Waals surface area (Å²) in [6.45, 7) is 3.90. The molecule has 0 saturated heterocycles. The number of hydrogen-bond acceptors (Lipinski definition) is 3. The van der Waals surface area contributed by atoms with Gasteiger partial charge in [0.15, 0.2) is 5.96 Å². The molecule has 0 spiro atoms. The van der Waals surface area contributed by atoms with Crippen LogP contribution < -0.4 is 10.6 Å². The summed E-state index contributed by atoms with van der Waals surface area (Å²) in [4.78, 5) is 4.13. The van der Waals surface area contributed by atoms with Gasteiger partial charge >= 0.3 is 0 Å². The largest absolute Gasteiger partial charge is 0.356 e. The van der Waals surface area contributed by atoms with E-state index in [4.69, 9.17) is 23.2 Å². The number of rotatable bonds is 8. The summed E-state index contributed by atoms with van der Waals surface area (Å²) in [5.41, 5.74) is 0.933. The first-order valence-electron chi connectivity index (χ1n) is 7.59. The van der Waals surface area contributed by atoms with Gasteiger partial charge in [-0.25, -0.2) is 12.7 Å². The number of guanidine groups is 1. The Hall–Kier alpha value is -0.960. The topological polar surface area (TPSA) is 78.7 Å². The van der Waals surface area contributed by atoms with E-state index in [1.807, 2.05) is 14.0 Å². The zero-order valence-corrected chi connectivity index (χ0v) is 16.8. The van der Waals surface area contributed by atoms with Gasteiger partial charge < -0.3 is 15.2 Å². The van der Waals surface area contributed by atoms with Gasteiger partial charge in [-0.2, -0.15) is 0 Å². The fourth-order valence-corrected chi connectivity index (χ4v) is 3.52. The molecule has 0 fully saturated rings. The molecule has 0 amide bonds. The van der Waals surface area contributed by atoms with Crippen molar-refractivity contribution in [2.75, 3.05) is 32.9 Å². The van der Waals surface area contributed by atoms with E-state index < -0.39 is 10.0 Å². The van der Waals surface area contributed by atoms with E-state index in [1.165, 1.54) is 10.6 Å². The van der Waals surface area contributed by atoms with Gasteiger partial charge in [-0.3, -0.25) is 4.99 Å². The van der Waals surface area contributed by atoms with Crippen molar-refractivity contribution in [2.24, 2.45) is 12.0 Å². The summed E-state index contributed by atoms with van der Waals surface area (Å²) < 4.78 is 26.3. The third-order valence-corrected chi connectivity index (χ3v) is 5.80. The lowest BCUT2D eigenvalue weighted by Crippen LogP contribution is -2.39. The van der Waals surface area contributed by atoms with E-state index in [2.05, 4.69) is 15.6 Å². The summed E-state index contributed by atoms with van der Waals surface area (Å²) in [7, 11) is 0.373. The molecule has 24 heavy (non-hydrogen) atoms. The predicted molar refractivity (Wildman–Crippen MR) is 100 cm³/mol. The first-order chi connectivity index (χ1) is 11.2. The van der Waals surface area contributed by atoms with E-state index in [9.17, 15) is 8.42 Å². The van der Waals surface area contributed by atoms with Crippen LogP contribution in [0.5, 0.6) is 0 Å². The fourth-order valence-electron chi connectivity index (χ4n) is 2.17. The summed E-state index contributed by atoms with van der Waals surface area (Å²) in [5.74, 6) is 0.630. The minimum absolute atomic E-state index is 0.473. The van der Waals surface area contributed by atoms with Gasteiger partial charge in [0.25, 0.3) is 0 Å². The molecule has 0 aromatic carbocycles. The second-order valence-electron chi connectivity index (χ2n) is 5.29. The maximum absolute atomic E-state index is 11.5. The summed E-state index contributed by atoms with van der Waals surface area (Å²) in [6.07, 6.45) is 1.91. The van der Waals surface area contributed by atoms with Crippen LogP contribution in [0.1, 0.15) is 19.0 Å². The molecule has 7 nitrogen and oxygen atoms in total. The Morgan fingerprint density at radius 1 is 1.38 bits per heavy atom. The Morgan fingerprint density at radius 2 is 2.04 bits per heavy atom. The highest BCUT2D eigenvalue weighted by Gasteiger charge is 2.13. The van der Waals surface area contributed by atoms with Crippen molar-refractivity contribution < 1.29 is 8.42 Å². The first-order valence-corrected chi connectivity index (χ1v) is 10.2. The van der Waals surface area contributed by atoms with Crippen molar-refractivity contribution in [1.82, 2.24) is 19.5 Å². The van der Waals surface area contributed by atoms with Crippen LogP contribution in [-0.2, 0) is 23.6 Å². The average Bonchev–Trinajstić information content (AvgIpc) is 2.76. The highest BCUT2D eigenvalue weighted by molar-refractivity contribution is 7.88. The average molecular weight is 398 g/mol. The van der Waals surface area contributed by atoms with Crippen LogP contribution in [-0.4, -0.2) is 56.2 Å². The number of nitrogens with one attached hydrogen (secondary N) is 2. The highest BCUT2D eigenvalue weighted by Crippen LogP contribution is 2.24. The van der Waals surface area contributed by atoms with Crippen LogP contribution in [0.3, 0.4) is 0 Å². The molecule has 0 atom stereocenters. The van der Waals surface area contributed by atoms with Crippen molar-refractivity contribution >= 4 is 39.2 Å².